The van der Waals surface area contributed by atoms with Gasteiger partial charge in [0.1, 0.15) is 13.0 Å². The molecule has 0 bridgehead atoms. The van der Waals surface area contributed by atoms with Gasteiger partial charge in [-0.05, 0) is 39.8 Å². The van der Waals surface area contributed by atoms with Crippen LogP contribution in [0, 0.1) is 0 Å². The zero-order valence-corrected chi connectivity index (χ0v) is 13.8. The van der Waals surface area contributed by atoms with E-state index in [1.54, 1.807) is 0 Å². The summed E-state index contributed by atoms with van der Waals surface area (Å²) in [5.41, 5.74) is 0. The molecule has 0 aromatic rings. The second kappa shape index (κ2) is 11.3. The van der Waals surface area contributed by atoms with E-state index in [4.69, 9.17) is 18.2 Å². The number of hydrogen-bond donors (Lipinski definition) is 0. The van der Waals surface area contributed by atoms with Crippen LogP contribution in [0.4, 0.5) is 0 Å². The minimum atomic E-state index is -2.88. The van der Waals surface area contributed by atoms with Gasteiger partial charge in [-0.3, -0.25) is 0 Å². The second-order valence-electron chi connectivity index (χ2n) is 3.73. The van der Waals surface area contributed by atoms with Crippen molar-refractivity contribution < 1.29 is 23.1 Å². The van der Waals surface area contributed by atoms with E-state index in [0.29, 0.717) is 32.8 Å². The Morgan fingerprint density at radius 2 is 1.67 bits per heavy atom. The summed E-state index contributed by atoms with van der Waals surface area (Å²) < 4.78 is 21.1. The second-order valence-corrected chi connectivity index (χ2v) is 8.11. The first-order valence-corrected chi connectivity index (χ1v) is 10.3. The standard InChI is InChI=1S/C11H26O5PSi/c1-5-13-11-16-18(4)10-8-9-17(12,14-6-2)15-7-3/h5-11H2,1-4H3. The molecule has 1 radical (unpaired) electrons. The Morgan fingerprint density at radius 1 is 1.06 bits per heavy atom. The van der Waals surface area contributed by atoms with E-state index in [-0.39, 0.29) is 0 Å². The van der Waals surface area contributed by atoms with Crippen molar-refractivity contribution in [2.45, 2.75) is 39.8 Å². The Labute approximate surface area is 113 Å². The maximum Gasteiger partial charge on any atom is 0.237 e. The van der Waals surface area contributed by atoms with Crippen molar-refractivity contribution in [1.82, 2.24) is 0 Å². The van der Waals surface area contributed by atoms with E-state index in [9.17, 15) is 4.89 Å². The van der Waals surface area contributed by atoms with Crippen LogP contribution in [0.25, 0.3) is 0 Å². The monoisotopic (exact) mass is 297 g/mol. The molecule has 0 saturated carbocycles. The van der Waals surface area contributed by atoms with E-state index in [1.165, 1.54) is 0 Å². The Balaban J connectivity index is 3.77. The zero-order valence-electron chi connectivity index (χ0n) is 11.9. The predicted molar refractivity (Wildman–Crippen MR) is 73.7 cm³/mol. The Morgan fingerprint density at radius 3 is 2.17 bits per heavy atom. The fraction of sp³-hybridized carbons (Fsp3) is 1.00. The van der Waals surface area contributed by atoms with Crippen LogP contribution < -0.4 is 4.89 Å². The summed E-state index contributed by atoms with van der Waals surface area (Å²) in [4.78, 5) is 12.2. The van der Waals surface area contributed by atoms with Crippen LogP contribution in [0.3, 0.4) is 0 Å². The van der Waals surface area contributed by atoms with Gasteiger partial charge in [0, 0.05) is 6.61 Å². The number of hydrogen-bond acceptors (Lipinski definition) is 5. The lowest BCUT2D eigenvalue weighted by molar-refractivity contribution is -0.218. The molecule has 0 rings (SSSR count). The molecule has 18 heavy (non-hydrogen) atoms. The fourth-order valence-corrected chi connectivity index (χ4v) is 4.45. The maximum atomic E-state index is 12.2. The molecule has 0 fully saturated rings. The first kappa shape index (κ1) is 18.4. The molecule has 0 aromatic heterocycles. The van der Waals surface area contributed by atoms with Crippen LogP contribution in [0.1, 0.15) is 27.2 Å². The summed E-state index contributed by atoms with van der Waals surface area (Å²) in [5, 5.41) is 0. The zero-order chi connectivity index (χ0) is 13.9. The minimum Gasteiger partial charge on any atom is -0.631 e. The molecular formula is C11H26O5PSi. The molecule has 0 amide bonds. The van der Waals surface area contributed by atoms with Crippen molar-refractivity contribution in [1.29, 1.82) is 0 Å². The number of rotatable bonds is 12. The van der Waals surface area contributed by atoms with Crippen molar-refractivity contribution in [3.8, 4) is 0 Å². The third-order valence-electron chi connectivity index (χ3n) is 2.21. The Kier molecular flexibility index (Phi) is 11.6. The lowest BCUT2D eigenvalue weighted by Crippen LogP contribution is -2.21. The number of ether oxygens (including phenoxy) is 1. The topological polar surface area (TPSA) is 60.0 Å². The van der Waals surface area contributed by atoms with Crippen molar-refractivity contribution in [3.63, 3.8) is 0 Å². The summed E-state index contributed by atoms with van der Waals surface area (Å²) >= 11 is 0. The summed E-state index contributed by atoms with van der Waals surface area (Å²) in [7, 11) is -3.75. The SMILES string of the molecule is CCOCO[Si](C)CCC[P+]([O-])(OCC)OCC. The van der Waals surface area contributed by atoms with E-state index in [0.717, 1.165) is 12.5 Å². The van der Waals surface area contributed by atoms with Crippen LogP contribution in [0.15, 0.2) is 0 Å². The van der Waals surface area contributed by atoms with Crippen molar-refractivity contribution in [2.24, 2.45) is 0 Å². The summed E-state index contributed by atoms with van der Waals surface area (Å²) in [5.74, 6) is 0. The van der Waals surface area contributed by atoms with Crippen LogP contribution in [0.2, 0.25) is 12.6 Å². The molecule has 0 aliphatic rings. The first-order chi connectivity index (χ1) is 8.58. The normalized spacial score (nSPS) is 12.3. The molecule has 0 spiro atoms. The van der Waals surface area contributed by atoms with E-state index < -0.39 is 17.0 Å². The molecule has 0 unspecified atom stereocenters. The summed E-state index contributed by atoms with van der Waals surface area (Å²) in [6.07, 6.45) is 1.27. The van der Waals surface area contributed by atoms with Crippen LogP contribution in [-0.4, -0.2) is 41.8 Å². The van der Waals surface area contributed by atoms with Crippen LogP contribution in [0.5, 0.6) is 0 Å². The molecule has 0 aliphatic carbocycles. The van der Waals surface area contributed by atoms with Gasteiger partial charge in [0.15, 0.2) is 0 Å². The van der Waals surface area contributed by atoms with Crippen molar-refractivity contribution in [3.05, 3.63) is 0 Å². The molecule has 0 saturated heterocycles. The molecule has 0 heterocycles. The van der Waals surface area contributed by atoms with Gasteiger partial charge in [0.25, 0.3) is 0 Å². The van der Waals surface area contributed by atoms with Gasteiger partial charge in [-0.25, -0.2) is 9.05 Å². The van der Waals surface area contributed by atoms with Gasteiger partial charge < -0.3 is 14.1 Å². The molecule has 5 nitrogen and oxygen atoms in total. The highest BCUT2D eigenvalue weighted by atomic mass is 31.2. The van der Waals surface area contributed by atoms with E-state index in [2.05, 4.69) is 6.55 Å². The molecular weight excluding hydrogens is 271 g/mol. The highest BCUT2D eigenvalue weighted by Crippen LogP contribution is 2.52. The summed E-state index contributed by atoms with van der Waals surface area (Å²) in [6.45, 7) is 9.53. The smallest absolute Gasteiger partial charge is 0.237 e. The average Bonchev–Trinajstić information content (AvgIpc) is 2.30. The minimum absolute atomic E-state index is 0.357. The summed E-state index contributed by atoms with van der Waals surface area (Å²) in [6, 6.07) is 0.919. The lowest BCUT2D eigenvalue weighted by Gasteiger charge is -2.26. The highest BCUT2D eigenvalue weighted by molar-refractivity contribution is 7.59. The van der Waals surface area contributed by atoms with Crippen molar-refractivity contribution in [2.75, 3.05) is 32.8 Å². The molecule has 0 aliphatic heterocycles. The predicted octanol–water partition coefficient (Wildman–Crippen LogP) is 2.20. The molecule has 7 heteroatoms. The fourth-order valence-electron chi connectivity index (χ4n) is 1.38. The van der Waals surface area contributed by atoms with Gasteiger partial charge in [0.05, 0.1) is 13.2 Å². The van der Waals surface area contributed by atoms with Crippen LogP contribution in [-0.2, 0) is 18.2 Å². The van der Waals surface area contributed by atoms with Gasteiger partial charge in [-0.2, -0.15) is 0 Å². The van der Waals surface area contributed by atoms with Gasteiger partial charge >= 0.3 is 0 Å². The van der Waals surface area contributed by atoms with Gasteiger partial charge in [-0.15, -0.1) is 0 Å². The largest absolute Gasteiger partial charge is 0.631 e. The van der Waals surface area contributed by atoms with Gasteiger partial charge in [0.2, 0.25) is 17.0 Å². The highest BCUT2D eigenvalue weighted by Gasteiger charge is 2.28. The van der Waals surface area contributed by atoms with Crippen molar-refractivity contribution >= 4 is 17.0 Å². The molecule has 0 atom stereocenters. The molecule has 109 valence electrons. The Bertz CT molecular complexity index is 190. The third-order valence-corrected chi connectivity index (χ3v) is 6.04. The Hall–Kier alpha value is 0.447. The first-order valence-electron chi connectivity index (χ1n) is 6.49. The molecule has 0 N–H and O–H groups in total. The maximum absolute atomic E-state index is 12.2. The van der Waals surface area contributed by atoms with E-state index >= 15 is 0 Å². The van der Waals surface area contributed by atoms with Gasteiger partial charge in [-0.1, -0.05) is 0 Å². The molecule has 0 aromatic carbocycles. The third kappa shape index (κ3) is 9.39. The lowest BCUT2D eigenvalue weighted by atomic mass is 10.6. The van der Waals surface area contributed by atoms with E-state index in [1.807, 2.05) is 20.8 Å². The van der Waals surface area contributed by atoms with Crippen LogP contribution >= 0.6 is 7.94 Å². The quantitative estimate of drug-likeness (QED) is 0.239. The average molecular weight is 297 g/mol.